The summed E-state index contributed by atoms with van der Waals surface area (Å²) in [5.74, 6) is 1.03. The standard InChI is InChI=1S/C27H35N3O2/c1-7-8-13-25(31)29(17-18(2)3)21(6)26-28-23-12-10-9-11-22(23)27(32)30(26)24-15-14-19(4)16-20(24)5/h9-12,14-16,18,21H,7-8,13,17H2,1-6H3. The maximum Gasteiger partial charge on any atom is 0.266 e. The van der Waals surface area contributed by atoms with E-state index < -0.39 is 0 Å². The quantitative estimate of drug-likeness (QED) is 0.455. The molecule has 0 saturated carbocycles. The molecule has 0 aliphatic rings. The molecule has 0 saturated heterocycles. The molecule has 1 amide bonds. The topological polar surface area (TPSA) is 55.2 Å². The Labute approximate surface area is 191 Å². The van der Waals surface area contributed by atoms with Crippen molar-refractivity contribution in [2.24, 2.45) is 5.92 Å². The van der Waals surface area contributed by atoms with Crippen LogP contribution < -0.4 is 5.56 Å². The Bertz CT molecular complexity index is 1160. The zero-order valence-corrected chi connectivity index (χ0v) is 20.2. The van der Waals surface area contributed by atoms with E-state index in [0.29, 0.717) is 35.6 Å². The van der Waals surface area contributed by atoms with Crippen LogP contribution in [0.4, 0.5) is 0 Å². The van der Waals surface area contributed by atoms with Crippen molar-refractivity contribution in [3.63, 3.8) is 0 Å². The van der Waals surface area contributed by atoms with Crippen molar-refractivity contribution in [1.82, 2.24) is 14.5 Å². The van der Waals surface area contributed by atoms with Gasteiger partial charge in [-0.3, -0.25) is 14.2 Å². The molecule has 1 heterocycles. The number of nitrogens with zero attached hydrogens (tertiary/aromatic N) is 3. The summed E-state index contributed by atoms with van der Waals surface area (Å²) in [6, 6.07) is 13.2. The van der Waals surface area contributed by atoms with Gasteiger partial charge in [0.2, 0.25) is 5.91 Å². The van der Waals surface area contributed by atoms with E-state index in [1.165, 1.54) is 0 Å². The van der Waals surface area contributed by atoms with Gasteiger partial charge in [0.25, 0.3) is 5.56 Å². The molecule has 0 aliphatic heterocycles. The third-order valence-electron chi connectivity index (χ3n) is 5.86. The minimum Gasteiger partial charge on any atom is -0.333 e. The summed E-state index contributed by atoms with van der Waals surface area (Å²) in [6.07, 6.45) is 2.33. The lowest BCUT2D eigenvalue weighted by Gasteiger charge is -2.32. The van der Waals surface area contributed by atoms with Crippen LogP contribution in [0.25, 0.3) is 16.6 Å². The Morgan fingerprint density at radius 3 is 2.47 bits per heavy atom. The molecule has 32 heavy (non-hydrogen) atoms. The molecule has 0 radical (unpaired) electrons. The van der Waals surface area contributed by atoms with E-state index in [2.05, 4.69) is 26.8 Å². The molecule has 1 atom stereocenters. The number of carbonyl (C=O) groups excluding carboxylic acids is 1. The first-order chi connectivity index (χ1) is 15.2. The molecule has 0 bridgehead atoms. The molecular formula is C27H35N3O2. The molecule has 2 aromatic carbocycles. The zero-order chi connectivity index (χ0) is 23.4. The first-order valence-corrected chi connectivity index (χ1v) is 11.6. The predicted molar refractivity (Wildman–Crippen MR) is 131 cm³/mol. The molecule has 0 aliphatic carbocycles. The third-order valence-corrected chi connectivity index (χ3v) is 5.86. The Balaban J connectivity index is 2.25. The number of hydrogen-bond acceptors (Lipinski definition) is 3. The zero-order valence-electron chi connectivity index (χ0n) is 20.2. The summed E-state index contributed by atoms with van der Waals surface area (Å²) in [4.78, 5) is 33.7. The molecule has 1 aromatic heterocycles. The van der Waals surface area contributed by atoms with Gasteiger partial charge in [-0.2, -0.15) is 0 Å². The van der Waals surface area contributed by atoms with Gasteiger partial charge in [-0.1, -0.05) is 57.0 Å². The maximum atomic E-state index is 13.7. The largest absolute Gasteiger partial charge is 0.333 e. The predicted octanol–water partition coefficient (Wildman–Crippen LogP) is 5.74. The summed E-state index contributed by atoms with van der Waals surface area (Å²) in [6.45, 7) is 13.0. The monoisotopic (exact) mass is 433 g/mol. The van der Waals surface area contributed by atoms with Gasteiger partial charge in [0.1, 0.15) is 5.82 Å². The van der Waals surface area contributed by atoms with Crippen LogP contribution in [0.15, 0.2) is 47.3 Å². The fourth-order valence-electron chi connectivity index (χ4n) is 4.20. The van der Waals surface area contributed by atoms with Crippen LogP contribution in [0.3, 0.4) is 0 Å². The number of aromatic nitrogens is 2. The number of unbranched alkanes of at least 4 members (excludes halogenated alkanes) is 1. The van der Waals surface area contributed by atoms with Crippen LogP contribution in [-0.2, 0) is 4.79 Å². The average molecular weight is 434 g/mol. The molecule has 0 fully saturated rings. The third kappa shape index (κ3) is 4.93. The number of amides is 1. The van der Waals surface area contributed by atoms with Gasteiger partial charge < -0.3 is 4.90 Å². The van der Waals surface area contributed by atoms with Gasteiger partial charge in [0.05, 0.1) is 22.6 Å². The smallest absolute Gasteiger partial charge is 0.266 e. The van der Waals surface area contributed by atoms with Crippen molar-refractivity contribution < 1.29 is 4.79 Å². The lowest BCUT2D eigenvalue weighted by atomic mass is 10.1. The highest BCUT2D eigenvalue weighted by Crippen LogP contribution is 2.26. The normalized spacial score (nSPS) is 12.3. The molecule has 5 heteroatoms. The van der Waals surface area contributed by atoms with Gasteiger partial charge in [-0.15, -0.1) is 0 Å². The van der Waals surface area contributed by atoms with Crippen LogP contribution in [0.2, 0.25) is 0 Å². The average Bonchev–Trinajstić information content (AvgIpc) is 2.76. The Morgan fingerprint density at radius 2 is 1.81 bits per heavy atom. The van der Waals surface area contributed by atoms with Crippen molar-refractivity contribution in [1.29, 1.82) is 0 Å². The Kier molecular flexibility index (Phi) is 7.49. The highest BCUT2D eigenvalue weighted by Gasteiger charge is 2.27. The van der Waals surface area contributed by atoms with E-state index in [0.717, 1.165) is 29.7 Å². The molecule has 5 nitrogen and oxygen atoms in total. The Hall–Kier alpha value is -2.95. The van der Waals surface area contributed by atoms with Crippen molar-refractivity contribution >= 4 is 16.8 Å². The Morgan fingerprint density at radius 1 is 1.09 bits per heavy atom. The number of aryl methyl sites for hydroxylation is 2. The van der Waals surface area contributed by atoms with Crippen molar-refractivity contribution in [3.8, 4) is 5.69 Å². The minimum atomic E-state index is -0.334. The summed E-state index contributed by atoms with van der Waals surface area (Å²) >= 11 is 0. The van der Waals surface area contributed by atoms with Gasteiger partial charge in [0, 0.05) is 13.0 Å². The summed E-state index contributed by atoms with van der Waals surface area (Å²) in [5, 5.41) is 0.580. The summed E-state index contributed by atoms with van der Waals surface area (Å²) in [7, 11) is 0. The molecule has 0 N–H and O–H groups in total. The van der Waals surface area contributed by atoms with E-state index in [1.807, 2.05) is 62.1 Å². The number of rotatable bonds is 8. The molecule has 3 aromatic rings. The molecule has 3 rings (SSSR count). The second-order valence-electron chi connectivity index (χ2n) is 9.14. The fourth-order valence-corrected chi connectivity index (χ4v) is 4.20. The molecule has 1 unspecified atom stereocenters. The number of fused-ring (bicyclic) bond motifs is 1. The van der Waals surface area contributed by atoms with E-state index in [-0.39, 0.29) is 17.5 Å². The number of carbonyl (C=O) groups is 1. The van der Waals surface area contributed by atoms with E-state index in [1.54, 1.807) is 4.57 Å². The van der Waals surface area contributed by atoms with Crippen LogP contribution in [-0.4, -0.2) is 26.9 Å². The van der Waals surface area contributed by atoms with E-state index >= 15 is 0 Å². The maximum absolute atomic E-state index is 13.7. The molecule has 0 spiro atoms. The van der Waals surface area contributed by atoms with E-state index in [4.69, 9.17) is 4.98 Å². The van der Waals surface area contributed by atoms with Crippen LogP contribution in [0.5, 0.6) is 0 Å². The lowest BCUT2D eigenvalue weighted by Crippen LogP contribution is -2.39. The van der Waals surface area contributed by atoms with Crippen molar-refractivity contribution in [2.75, 3.05) is 6.54 Å². The van der Waals surface area contributed by atoms with E-state index in [9.17, 15) is 9.59 Å². The summed E-state index contributed by atoms with van der Waals surface area (Å²) < 4.78 is 1.71. The first kappa shape index (κ1) is 23.7. The fraction of sp³-hybridized carbons (Fsp3) is 0.444. The summed E-state index contributed by atoms with van der Waals surface area (Å²) in [5.41, 5.74) is 3.51. The first-order valence-electron chi connectivity index (χ1n) is 11.6. The molecular weight excluding hydrogens is 398 g/mol. The van der Waals surface area contributed by atoms with Crippen LogP contribution >= 0.6 is 0 Å². The van der Waals surface area contributed by atoms with Crippen molar-refractivity contribution in [3.05, 3.63) is 69.8 Å². The van der Waals surface area contributed by atoms with Crippen molar-refractivity contribution in [2.45, 2.75) is 66.8 Å². The van der Waals surface area contributed by atoms with Gasteiger partial charge in [-0.25, -0.2) is 4.98 Å². The lowest BCUT2D eigenvalue weighted by molar-refractivity contribution is -0.134. The number of benzene rings is 2. The second kappa shape index (κ2) is 10.1. The van der Waals surface area contributed by atoms with Gasteiger partial charge in [0.15, 0.2) is 0 Å². The van der Waals surface area contributed by atoms with Gasteiger partial charge in [-0.05, 0) is 56.9 Å². The number of para-hydroxylation sites is 1. The molecule has 170 valence electrons. The van der Waals surface area contributed by atoms with Gasteiger partial charge >= 0.3 is 0 Å². The minimum absolute atomic E-state index is 0.102. The number of hydrogen-bond donors (Lipinski definition) is 0. The second-order valence-corrected chi connectivity index (χ2v) is 9.14. The van der Waals surface area contributed by atoms with Crippen LogP contribution in [0.1, 0.15) is 70.0 Å². The SMILES string of the molecule is CCCCC(=O)N(CC(C)C)C(C)c1nc2ccccc2c(=O)n1-c1ccc(C)cc1C. The highest BCUT2D eigenvalue weighted by molar-refractivity contribution is 5.79. The highest BCUT2D eigenvalue weighted by atomic mass is 16.2. The van der Waals surface area contributed by atoms with Crippen LogP contribution in [0, 0.1) is 19.8 Å².